The molecule has 13 nitrogen and oxygen atoms in total. The summed E-state index contributed by atoms with van der Waals surface area (Å²) in [6, 6.07) is -1.13. The SMILES string of the molecule is COC(=O)C1C[C@H](OC(C)=O)[C@@H](NC(C)=O)[C@H]([C@H](OC(C)=O)[C@@H](COC(C)=O)OC(C)=O)O1. The number of ether oxygens (including phenoxy) is 6. The number of nitrogens with one attached hydrogen (secondary N) is 1. The van der Waals surface area contributed by atoms with Crippen molar-refractivity contribution in [3.63, 3.8) is 0 Å². The van der Waals surface area contributed by atoms with Gasteiger partial charge in [0.25, 0.3) is 0 Å². The molecule has 1 N–H and O–H groups in total. The van der Waals surface area contributed by atoms with E-state index in [1.54, 1.807) is 0 Å². The van der Waals surface area contributed by atoms with E-state index in [2.05, 4.69) is 5.32 Å². The van der Waals surface area contributed by atoms with Crippen LogP contribution in [0.3, 0.4) is 0 Å². The first-order valence-corrected chi connectivity index (χ1v) is 10.0. The molecule has 1 aliphatic rings. The average molecular weight is 475 g/mol. The summed E-state index contributed by atoms with van der Waals surface area (Å²) in [5.74, 6) is -4.40. The van der Waals surface area contributed by atoms with Gasteiger partial charge < -0.3 is 33.7 Å². The molecule has 1 fully saturated rings. The number of methoxy groups -OCH3 is 1. The Hall–Kier alpha value is -3.22. The molecule has 0 aromatic rings. The maximum Gasteiger partial charge on any atom is 0.335 e. The third-order valence-electron chi connectivity index (χ3n) is 4.43. The summed E-state index contributed by atoms with van der Waals surface area (Å²) < 4.78 is 31.3. The lowest BCUT2D eigenvalue weighted by molar-refractivity contribution is -0.217. The van der Waals surface area contributed by atoms with Crippen LogP contribution in [-0.2, 0) is 57.2 Å². The molecule has 33 heavy (non-hydrogen) atoms. The second-order valence-electron chi connectivity index (χ2n) is 7.25. The summed E-state index contributed by atoms with van der Waals surface area (Å²) in [4.78, 5) is 70.8. The molecule has 13 heteroatoms. The van der Waals surface area contributed by atoms with Gasteiger partial charge in [-0.15, -0.1) is 0 Å². The molecule has 0 aliphatic carbocycles. The van der Waals surface area contributed by atoms with E-state index in [1.807, 2.05) is 0 Å². The third kappa shape index (κ3) is 9.04. The maximum absolute atomic E-state index is 12.2. The van der Waals surface area contributed by atoms with Gasteiger partial charge in [-0.05, 0) is 0 Å². The molecule has 0 aromatic carbocycles. The van der Waals surface area contributed by atoms with Crippen molar-refractivity contribution in [1.29, 1.82) is 0 Å². The maximum atomic E-state index is 12.2. The summed E-state index contributed by atoms with van der Waals surface area (Å²) in [6.45, 7) is 5.07. The van der Waals surface area contributed by atoms with Crippen molar-refractivity contribution in [3.8, 4) is 0 Å². The molecule has 0 bridgehead atoms. The van der Waals surface area contributed by atoms with Crippen molar-refractivity contribution in [3.05, 3.63) is 0 Å². The Balaban J connectivity index is 3.53. The molecule has 0 aromatic heterocycles. The van der Waals surface area contributed by atoms with E-state index in [1.165, 1.54) is 6.92 Å². The second-order valence-corrected chi connectivity index (χ2v) is 7.25. The van der Waals surface area contributed by atoms with Crippen molar-refractivity contribution >= 4 is 35.8 Å². The number of esters is 5. The zero-order valence-corrected chi connectivity index (χ0v) is 19.3. The molecule has 1 heterocycles. The molecule has 0 saturated carbocycles. The summed E-state index contributed by atoms with van der Waals surface area (Å²) in [5.41, 5.74) is 0. The van der Waals surface area contributed by atoms with Gasteiger partial charge in [0.05, 0.1) is 13.2 Å². The first-order chi connectivity index (χ1) is 15.3. The predicted octanol–water partition coefficient (Wildman–Crippen LogP) is -0.820. The number of hydrogen-bond donors (Lipinski definition) is 1. The topological polar surface area (TPSA) is 170 Å². The summed E-state index contributed by atoms with van der Waals surface area (Å²) in [5, 5.41) is 2.56. The molecule has 6 atom stereocenters. The summed E-state index contributed by atoms with van der Waals surface area (Å²) in [6.07, 6.45) is -6.79. The average Bonchev–Trinajstić information content (AvgIpc) is 2.68. The highest BCUT2D eigenvalue weighted by molar-refractivity contribution is 5.76. The van der Waals surface area contributed by atoms with Gasteiger partial charge in [-0.2, -0.15) is 0 Å². The van der Waals surface area contributed by atoms with Crippen LogP contribution in [0.2, 0.25) is 0 Å². The van der Waals surface area contributed by atoms with Crippen molar-refractivity contribution in [2.24, 2.45) is 0 Å². The highest BCUT2D eigenvalue weighted by atomic mass is 16.6. The largest absolute Gasteiger partial charge is 0.467 e. The van der Waals surface area contributed by atoms with Crippen LogP contribution in [0.4, 0.5) is 0 Å². The van der Waals surface area contributed by atoms with Crippen LogP contribution in [-0.4, -0.2) is 86.0 Å². The summed E-state index contributed by atoms with van der Waals surface area (Å²) in [7, 11) is 1.12. The molecule has 1 aliphatic heterocycles. The number of carbonyl (C=O) groups excluding carboxylic acids is 6. The van der Waals surface area contributed by atoms with Gasteiger partial charge in [0.1, 0.15) is 18.8 Å². The van der Waals surface area contributed by atoms with E-state index < -0.39 is 78.9 Å². The standard InChI is InChI=1S/C20H29NO12/c1-9(22)21-17-14(30-11(3)24)7-15(20(27)28-6)33-19(17)18(32-13(5)26)16(31-12(4)25)8-29-10(2)23/h14-19H,7-8H2,1-6H3,(H,21,22)/t14-,15?,16+,17+,18+,19+/m0/s1. The lowest BCUT2D eigenvalue weighted by atomic mass is 9.89. The molecule has 1 rings (SSSR count). The quantitative estimate of drug-likeness (QED) is 0.325. The van der Waals surface area contributed by atoms with Crippen LogP contribution in [0.1, 0.15) is 41.0 Å². The van der Waals surface area contributed by atoms with Crippen LogP contribution in [0.25, 0.3) is 0 Å². The Morgan fingerprint density at radius 1 is 0.909 bits per heavy atom. The van der Waals surface area contributed by atoms with Gasteiger partial charge in [0.2, 0.25) is 5.91 Å². The highest BCUT2D eigenvalue weighted by Crippen LogP contribution is 2.29. The highest BCUT2D eigenvalue weighted by Gasteiger charge is 2.51. The fraction of sp³-hybridized carbons (Fsp3) is 0.700. The van der Waals surface area contributed by atoms with Crippen LogP contribution in [0.15, 0.2) is 0 Å². The summed E-state index contributed by atoms with van der Waals surface area (Å²) >= 11 is 0. The van der Waals surface area contributed by atoms with Gasteiger partial charge in [-0.25, -0.2) is 4.79 Å². The zero-order chi connectivity index (χ0) is 25.3. The Kier molecular flexibility index (Phi) is 10.7. The first-order valence-electron chi connectivity index (χ1n) is 10.0. The zero-order valence-electron chi connectivity index (χ0n) is 19.3. The third-order valence-corrected chi connectivity index (χ3v) is 4.43. The van der Waals surface area contributed by atoms with Gasteiger partial charge in [0.15, 0.2) is 18.3 Å². The van der Waals surface area contributed by atoms with Gasteiger partial charge in [-0.3, -0.25) is 24.0 Å². The Labute approximate surface area is 190 Å². The predicted molar refractivity (Wildman–Crippen MR) is 106 cm³/mol. The molecule has 0 spiro atoms. The number of carbonyl (C=O) groups is 6. The molecular weight excluding hydrogens is 446 g/mol. The fourth-order valence-electron chi connectivity index (χ4n) is 3.36. The Morgan fingerprint density at radius 3 is 1.97 bits per heavy atom. The van der Waals surface area contributed by atoms with Crippen LogP contribution < -0.4 is 5.32 Å². The molecule has 1 amide bonds. The fourth-order valence-corrected chi connectivity index (χ4v) is 3.36. The van der Waals surface area contributed by atoms with Crippen molar-refractivity contribution < 1.29 is 57.2 Å². The van der Waals surface area contributed by atoms with Crippen molar-refractivity contribution in [2.45, 2.75) is 77.6 Å². The second kappa shape index (κ2) is 12.7. The van der Waals surface area contributed by atoms with E-state index in [-0.39, 0.29) is 6.42 Å². The molecule has 1 unspecified atom stereocenters. The van der Waals surface area contributed by atoms with E-state index >= 15 is 0 Å². The molecule has 186 valence electrons. The molecule has 0 radical (unpaired) electrons. The molecular formula is C20H29NO12. The smallest absolute Gasteiger partial charge is 0.335 e. The Morgan fingerprint density at radius 2 is 1.52 bits per heavy atom. The monoisotopic (exact) mass is 475 g/mol. The lowest BCUT2D eigenvalue weighted by Gasteiger charge is -2.44. The lowest BCUT2D eigenvalue weighted by Crippen LogP contribution is -2.65. The van der Waals surface area contributed by atoms with Gasteiger partial charge in [0, 0.05) is 41.0 Å². The van der Waals surface area contributed by atoms with Crippen LogP contribution in [0.5, 0.6) is 0 Å². The minimum absolute atomic E-state index is 0.178. The minimum atomic E-state index is -1.48. The van der Waals surface area contributed by atoms with E-state index in [4.69, 9.17) is 28.4 Å². The number of hydrogen-bond acceptors (Lipinski definition) is 12. The van der Waals surface area contributed by atoms with Crippen LogP contribution in [0, 0.1) is 0 Å². The number of amides is 1. The van der Waals surface area contributed by atoms with Crippen molar-refractivity contribution in [2.75, 3.05) is 13.7 Å². The number of rotatable bonds is 9. The van der Waals surface area contributed by atoms with E-state index in [0.717, 1.165) is 34.8 Å². The Bertz CT molecular complexity index is 766. The van der Waals surface area contributed by atoms with Gasteiger partial charge >= 0.3 is 29.8 Å². The minimum Gasteiger partial charge on any atom is -0.467 e. The normalized spacial score (nSPS) is 23.8. The molecule has 1 saturated heterocycles. The van der Waals surface area contributed by atoms with Gasteiger partial charge in [-0.1, -0.05) is 0 Å². The van der Waals surface area contributed by atoms with E-state index in [0.29, 0.717) is 0 Å². The first kappa shape index (κ1) is 27.8. The van der Waals surface area contributed by atoms with Crippen molar-refractivity contribution in [1.82, 2.24) is 5.32 Å². The van der Waals surface area contributed by atoms with Crippen LogP contribution >= 0.6 is 0 Å². The van der Waals surface area contributed by atoms with E-state index in [9.17, 15) is 28.8 Å².